The van der Waals surface area contributed by atoms with Crippen molar-refractivity contribution in [3.05, 3.63) is 64.2 Å². The number of amides is 2. The summed E-state index contributed by atoms with van der Waals surface area (Å²) in [6.45, 7) is 3.86. The van der Waals surface area contributed by atoms with E-state index in [1.54, 1.807) is 0 Å². The third kappa shape index (κ3) is 7.48. The molecule has 0 heterocycles. The molecule has 0 radical (unpaired) electrons. The molecule has 0 saturated heterocycles. The van der Waals surface area contributed by atoms with Crippen molar-refractivity contribution in [3.63, 3.8) is 0 Å². The molecule has 0 bridgehead atoms. The van der Waals surface area contributed by atoms with Gasteiger partial charge in [-0.2, -0.15) is 13.2 Å². The molecule has 1 atom stereocenters. The number of alkyl halides is 3. The number of benzene rings is 2. The number of nitrogen functional groups attached to an aromatic ring is 1. The molecule has 34 heavy (non-hydrogen) atoms. The molecule has 2 aromatic rings. The van der Waals surface area contributed by atoms with Crippen LogP contribution in [-0.2, 0) is 27.0 Å². The molecule has 11 heteroatoms. The number of carbonyl (C=O) groups is 3. The molecular weight excluding hydrogens is 453 g/mol. The molecule has 0 aliphatic carbocycles. The minimum atomic E-state index is -4.65. The fourth-order valence-electron chi connectivity index (χ4n) is 3.16. The average molecular weight is 480 g/mol. The first-order chi connectivity index (χ1) is 15.9. The molecular formula is C23H27F3N4O4. The van der Waals surface area contributed by atoms with Crippen LogP contribution in [0.15, 0.2) is 36.4 Å². The van der Waals surface area contributed by atoms with E-state index in [1.807, 2.05) is 32.0 Å². The summed E-state index contributed by atoms with van der Waals surface area (Å²) in [5.41, 5.74) is 7.18. The molecule has 0 saturated carbocycles. The van der Waals surface area contributed by atoms with Gasteiger partial charge in [0.05, 0.1) is 24.8 Å². The van der Waals surface area contributed by atoms with Crippen LogP contribution in [0.4, 0.5) is 18.9 Å². The molecule has 2 aromatic carbocycles. The zero-order valence-corrected chi connectivity index (χ0v) is 19.0. The Balaban J connectivity index is 1.94. The van der Waals surface area contributed by atoms with Crippen LogP contribution in [0.1, 0.15) is 32.6 Å². The average Bonchev–Trinajstić information content (AvgIpc) is 2.77. The Morgan fingerprint density at radius 1 is 1.09 bits per heavy atom. The van der Waals surface area contributed by atoms with E-state index in [9.17, 15) is 27.6 Å². The monoisotopic (exact) mass is 480 g/mol. The van der Waals surface area contributed by atoms with Crippen LogP contribution >= 0.6 is 0 Å². The molecule has 0 aliphatic heterocycles. The number of aryl methyl sites for hydroxylation is 2. The lowest BCUT2D eigenvalue weighted by atomic mass is 10.1. The molecule has 184 valence electrons. The maximum absolute atomic E-state index is 12.9. The fraction of sp³-hybridized carbons (Fsp3) is 0.348. The third-order valence-corrected chi connectivity index (χ3v) is 5.02. The first kappa shape index (κ1) is 26.7. The minimum absolute atomic E-state index is 0.0558. The summed E-state index contributed by atoms with van der Waals surface area (Å²) in [5.74, 6) is -2.39. The summed E-state index contributed by atoms with van der Waals surface area (Å²) in [4.78, 5) is 36.6. The minimum Gasteiger partial charge on any atom is -0.467 e. The summed E-state index contributed by atoms with van der Waals surface area (Å²) < 4.78 is 43.4. The zero-order valence-electron chi connectivity index (χ0n) is 19.0. The van der Waals surface area contributed by atoms with Gasteiger partial charge in [0.2, 0.25) is 5.91 Å². The Morgan fingerprint density at radius 3 is 2.41 bits per heavy atom. The second-order valence-electron chi connectivity index (χ2n) is 7.69. The van der Waals surface area contributed by atoms with Crippen LogP contribution < -0.4 is 21.7 Å². The van der Waals surface area contributed by atoms with E-state index in [1.165, 1.54) is 7.11 Å². The first-order valence-corrected chi connectivity index (χ1v) is 10.3. The van der Waals surface area contributed by atoms with Crippen molar-refractivity contribution in [2.45, 2.75) is 32.6 Å². The summed E-state index contributed by atoms with van der Waals surface area (Å²) >= 11 is 0. The van der Waals surface area contributed by atoms with E-state index in [0.29, 0.717) is 12.6 Å². The summed E-state index contributed by atoms with van der Waals surface area (Å²) in [6.07, 6.45) is -4.65. The molecule has 8 nitrogen and oxygen atoms in total. The summed E-state index contributed by atoms with van der Waals surface area (Å²) in [5, 5.41) is 7.71. The van der Waals surface area contributed by atoms with E-state index in [-0.39, 0.29) is 12.2 Å². The van der Waals surface area contributed by atoms with Crippen LogP contribution in [0.5, 0.6) is 0 Å². The highest BCUT2D eigenvalue weighted by atomic mass is 19.4. The third-order valence-electron chi connectivity index (χ3n) is 5.02. The van der Waals surface area contributed by atoms with Gasteiger partial charge in [-0.15, -0.1) is 0 Å². The van der Waals surface area contributed by atoms with Crippen molar-refractivity contribution in [3.8, 4) is 0 Å². The predicted molar refractivity (Wildman–Crippen MR) is 120 cm³/mol. The van der Waals surface area contributed by atoms with Crippen LogP contribution in [0.25, 0.3) is 0 Å². The molecule has 0 spiro atoms. The van der Waals surface area contributed by atoms with Crippen LogP contribution in [0.2, 0.25) is 0 Å². The molecule has 5 N–H and O–H groups in total. The smallest absolute Gasteiger partial charge is 0.416 e. The number of carbonyl (C=O) groups excluding carboxylic acids is 3. The van der Waals surface area contributed by atoms with Crippen molar-refractivity contribution in [2.75, 3.05) is 25.9 Å². The number of ether oxygens (including phenoxy) is 1. The second-order valence-corrected chi connectivity index (χ2v) is 7.69. The van der Waals surface area contributed by atoms with Gasteiger partial charge < -0.3 is 26.4 Å². The molecule has 2 rings (SSSR count). The van der Waals surface area contributed by atoms with Gasteiger partial charge in [-0.1, -0.05) is 23.8 Å². The molecule has 2 amide bonds. The molecule has 0 aliphatic rings. The Bertz CT molecular complexity index is 1060. The van der Waals surface area contributed by atoms with Gasteiger partial charge in [-0.3, -0.25) is 9.59 Å². The SMILES string of the molecule is COC(=O)[C@H](CNCc1ccc(C)cc1C)NC(=O)CNC(=O)c1cc(C(F)(F)F)ccc1N. The standard InChI is InChI=1S/C23H27F3N4O4/c1-13-4-5-15(14(2)8-13)10-28-11-19(22(33)34-3)30-20(31)12-29-21(32)17-9-16(23(24,25)26)6-7-18(17)27/h4-9,19,28H,10-12,27H2,1-3H3,(H,29,32)(H,30,31)/t19-/m0/s1. The maximum Gasteiger partial charge on any atom is 0.416 e. The van der Waals surface area contributed by atoms with Gasteiger partial charge >= 0.3 is 12.1 Å². The van der Waals surface area contributed by atoms with Gasteiger partial charge in [0.25, 0.3) is 5.91 Å². The molecule has 0 aromatic heterocycles. The first-order valence-electron chi connectivity index (χ1n) is 10.3. The van der Waals surface area contributed by atoms with Crippen molar-refractivity contribution >= 4 is 23.5 Å². The van der Waals surface area contributed by atoms with Crippen LogP contribution in [-0.4, -0.2) is 44.0 Å². The van der Waals surface area contributed by atoms with Gasteiger partial charge in [0, 0.05) is 18.8 Å². The molecule has 0 unspecified atom stereocenters. The number of rotatable bonds is 9. The van der Waals surface area contributed by atoms with E-state index >= 15 is 0 Å². The van der Waals surface area contributed by atoms with E-state index in [4.69, 9.17) is 10.5 Å². The van der Waals surface area contributed by atoms with Gasteiger partial charge in [0.15, 0.2) is 0 Å². The summed E-state index contributed by atoms with van der Waals surface area (Å²) in [6, 6.07) is 7.23. The Kier molecular flexibility index (Phi) is 9.02. The van der Waals surface area contributed by atoms with Gasteiger partial charge in [-0.05, 0) is 43.2 Å². The predicted octanol–water partition coefficient (Wildman–Crippen LogP) is 2.08. The lowest BCUT2D eigenvalue weighted by Gasteiger charge is -2.18. The van der Waals surface area contributed by atoms with E-state index in [2.05, 4.69) is 16.0 Å². The summed E-state index contributed by atoms with van der Waals surface area (Å²) in [7, 11) is 1.17. The maximum atomic E-state index is 12.9. The number of nitrogens with two attached hydrogens (primary N) is 1. The van der Waals surface area contributed by atoms with Gasteiger partial charge in [-0.25, -0.2) is 4.79 Å². The number of hydrogen-bond acceptors (Lipinski definition) is 6. The van der Waals surface area contributed by atoms with Crippen molar-refractivity contribution in [1.29, 1.82) is 0 Å². The number of nitrogens with one attached hydrogen (secondary N) is 3. The van der Waals surface area contributed by atoms with Crippen molar-refractivity contribution < 1.29 is 32.3 Å². The Morgan fingerprint density at radius 2 is 1.79 bits per heavy atom. The van der Waals surface area contributed by atoms with Crippen LogP contribution in [0, 0.1) is 13.8 Å². The topological polar surface area (TPSA) is 123 Å². The largest absolute Gasteiger partial charge is 0.467 e. The number of halogens is 3. The molecule has 0 fully saturated rings. The number of hydrogen-bond donors (Lipinski definition) is 4. The Labute approximate surface area is 195 Å². The zero-order chi connectivity index (χ0) is 25.5. The number of anilines is 1. The van der Waals surface area contributed by atoms with Crippen LogP contribution in [0.3, 0.4) is 0 Å². The highest BCUT2D eigenvalue weighted by molar-refractivity contribution is 6.01. The highest BCUT2D eigenvalue weighted by Gasteiger charge is 2.31. The lowest BCUT2D eigenvalue weighted by Crippen LogP contribution is -2.50. The highest BCUT2D eigenvalue weighted by Crippen LogP contribution is 2.31. The lowest BCUT2D eigenvalue weighted by molar-refractivity contribution is -0.144. The Hall–Kier alpha value is -3.60. The number of methoxy groups -OCH3 is 1. The second kappa shape index (κ2) is 11.5. The normalized spacial score (nSPS) is 12.1. The quantitative estimate of drug-likeness (QED) is 0.322. The number of esters is 1. The van der Waals surface area contributed by atoms with E-state index < -0.39 is 47.7 Å². The van der Waals surface area contributed by atoms with Crippen molar-refractivity contribution in [2.24, 2.45) is 0 Å². The fourth-order valence-corrected chi connectivity index (χ4v) is 3.16. The van der Waals surface area contributed by atoms with Gasteiger partial charge in [0.1, 0.15) is 6.04 Å². The van der Waals surface area contributed by atoms with Crippen molar-refractivity contribution in [1.82, 2.24) is 16.0 Å². The van der Waals surface area contributed by atoms with E-state index in [0.717, 1.165) is 28.8 Å².